The van der Waals surface area contributed by atoms with Gasteiger partial charge in [0.2, 0.25) is 5.91 Å². The van der Waals surface area contributed by atoms with Crippen LogP contribution in [-0.2, 0) is 21.3 Å². The number of methoxy groups -OCH3 is 2. The van der Waals surface area contributed by atoms with Gasteiger partial charge in [0.25, 0.3) is 11.8 Å². The molecule has 260 valence electrons. The van der Waals surface area contributed by atoms with Crippen LogP contribution in [0.25, 0.3) is 0 Å². The molecule has 0 saturated carbocycles. The van der Waals surface area contributed by atoms with E-state index < -0.39 is 30.2 Å². The van der Waals surface area contributed by atoms with Gasteiger partial charge in [-0.15, -0.1) is 11.3 Å². The van der Waals surface area contributed by atoms with Crippen molar-refractivity contribution in [2.45, 2.75) is 38.0 Å². The zero-order chi connectivity index (χ0) is 35.2. The highest BCUT2D eigenvalue weighted by Gasteiger charge is 2.45. The first kappa shape index (κ1) is 34.9. The Morgan fingerprint density at radius 3 is 2.69 bits per heavy atom. The van der Waals surface area contributed by atoms with Crippen molar-refractivity contribution in [3.8, 4) is 11.5 Å². The van der Waals surface area contributed by atoms with Gasteiger partial charge in [0.05, 0.1) is 43.8 Å². The van der Waals surface area contributed by atoms with Crippen LogP contribution in [0.4, 0.5) is 21.3 Å². The van der Waals surface area contributed by atoms with Crippen LogP contribution in [0.3, 0.4) is 0 Å². The first-order valence-electron chi connectivity index (χ1n) is 15.3. The molecule has 5 rings (SSSR count). The minimum absolute atomic E-state index is 0.0442. The second kappa shape index (κ2) is 15.2. The number of aliphatic hydroxyl groups is 1. The monoisotopic (exact) mass is 696 g/mol. The highest BCUT2D eigenvalue weighted by atomic mass is 32.1. The number of rotatable bonds is 12. The number of aromatic nitrogens is 2. The minimum atomic E-state index is -1.36. The number of fused-ring (bicyclic) bond motifs is 2. The number of esters is 1. The molecule has 3 N–H and O–H groups in total. The van der Waals surface area contributed by atoms with Gasteiger partial charge in [-0.25, -0.2) is 19.5 Å². The summed E-state index contributed by atoms with van der Waals surface area (Å²) >= 11 is 1.07. The summed E-state index contributed by atoms with van der Waals surface area (Å²) in [4.78, 5) is 70.5. The Labute approximate surface area is 285 Å². The molecule has 4 amide bonds. The number of nitrogens with zero attached hydrogens (tertiary/aromatic N) is 4. The molecular weight excluding hydrogens is 660 g/mol. The van der Waals surface area contributed by atoms with Crippen LogP contribution in [0.2, 0.25) is 0 Å². The van der Waals surface area contributed by atoms with Crippen LogP contribution < -0.4 is 25.0 Å². The van der Waals surface area contributed by atoms with E-state index in [1.54, 1.807) is 18.1 Å². The highest BCUT2D eigenvalue weighted by molar-refractivity contribution is 7.14. The second-order valence-corrected chi connectivity index (χ2v) is 11.9. The first-order chi connectivity index (χ1) is 23.6. The predicted molar refractivity (Wildman–Crippen MR) is 177 cm³/mol. The number of amides is 4. The summed E-state index contributed by atoms with van der Waals surface area (Å²) in [6.07, 6.45) is 2.25. The number of aliphatic hydroxyl groups excluding tert-OH is 1. The standard InChI is InChI=1S/C32H36N6O10S/c1-5-11-48-32(44)38-22-15-25(24(45-3)14-19(22)28(41)37-10-6-8-21(37)29(38)42)47-12-7-9-26(39)35-31-34-20(17-49-31)27(40)33-18-13-23(30(43)46-4)36(2)16-18/h5,13-17,21,29,42H,1,6-12H2,2-4H3,(H,33,40)(H,34,35,39)/t21-,29?/m0/s1. The number of carbonyl (C=O) groups is 5. The Morgan fingerprint density at radius 2 is 1.96 bits per heavy atom. The van der Waals surface area contributed by atoms with E-state index in [4.69, 9.17) is 18.9 Å². The maximum atomic E-state index is 13.5. The summed E-state index contributed by atoms with van der Waals surface area (Å²) in [7, 11) is 4.31. The molecule has 2 aliphatic rings. The average Bonchev–Trinajstić information content (AvgIpc) is 3.84. The van der Waals surface area contributed by atoms with Crippen molar-refractivity contribution in [2.75, 3.05) is 49.5 Å². The molecule has 49 heavy (non-hydrogen) atoms. The summed E-state index contributed by atoms with van der Waals surface area (Å²) in [6, 6.07) is 3.77. The Balaban J connectivity index is 1.20. The number of nitrogens with one attached hydrogen (secondary N) is 2. The van der Waals surface area contributed by atoms with E-state index in [-0.39, 0.29) is 77.1 Å². The van der Waals surface area contributed by atoms with E-state index in [0.717, 1.165) is 16.2 Å². The molecule has 2 aliphatic heterocycles. The maximum Gasteiger partial charge on any atom is 0.416 e. The third kappa shape index (κ3) is 7.52. The lowest BCUT2D eigenvalue weighted by molar-refractivity contribution is -0.116. The highest BCUT2D eigenvalue weighted by Crippen LogP contribution is 2.41. The number of anilines is 3. The van der Waals surface area contributed by atoms with Crippen LogP contribution in [0.5, 0.6) is 11.5 Å². The summed E-state index contributed by atoms with van der Waals surface area (Å²) in [5.74, 6) is -1.37. The van der Waals surface area contributed by atoms with Crippen LogP contribution in [-0.4, -0.2) is 95.6 Å². The molecule has 1 aromatic carbocycles. The van der Waals surface area contributed by atoms with E-state index in [0.29, 0.717) is 25.1 Å². The normalized spacial score (nSPS) is 16.6. The zero-order valence-electron chi connectivity index (χ0n) is 27.1. The quantitative estimate of drug-likeness (QED) is 0.143. The summed E-state index contributed by atoms with van der Waals surface area (Å²) in [6.45, 7) is 3.95. The smallest absolute Gasteiger partial charge is 0.416 e. The molecule has 0 aliphatic carbocycles. The molecule has 2 atom stereocenters. The zero-order valence-corrected chi connectivity index (χ0v) is 27.9. The largest absolute Gasteiger partial charge is 0.493 e. The number of benzene rings is 1. The Morgan fingerprint density at radius 1 is 1.16 bits per heavy atom. The number of hydrogen-bond donors (Lipinski definition) is 3. The first-order valence-corrected chi connectivity index (χ1v) is 16.2. The summed E-state index contributed by atoms with van der Waals surface area (Å²) in [5.41, 5.74) is 0.964. The minimum Gasteiger partial charge on any atom is -0.493 e. The van der Waals surface area contributed by atoms with Crippen LogP contribution in [0.1, 0.15) is 57.0 Å². The van der Waals surface area contributed by atoms with Gasteiger partial charge >= 0.3 is 12.1 Å². The van der Waals surface area contributed by atoms with Gasteiger partial charge in [-0.3, -0.25) is 14.4 Å². The fourth-order valence-corrected chi connectivity index (χ4v) is 6.30. The third-order valence-corrected chi connectivity index (χ3v) is 8.67. The van der Waals surface area contributed by atoms with E-state index in [1.165, 1.54) is 48.4 Å². The molecular formula is C32H36N6O10S. The Hall–Kier alpha value is -5.42. The van der Waals surface area contributed by atoms with Crippen molar-refractivity contribution in [3.63, 3.8) is 0 Å². The van der Waals surface area contributed by atoms with Crippen molar-refractivity contribution in [3.05, 3.63) is 59.4 Å². The van der Waals surface area contributed by atoms with Gasteiger partial charge in [-0.2, -0.15) is 0 Å². The van der Waals surface area contributed by atoms with Gasteiger partial charge in [0.15, 0.2) is 22.9 Å². The molecule has 3 aromatic rings. The average molecular weight is 697 g/mol. The van der Waals surface area contributed by atoms with Crippen molar-refractivity contribution in [2.24, 2.45) is 7.05 Å². The fourth-order valence-electron chi connectivity index (χ4n) is 5.59. The molecule has 2 aromatic heterocycles. The van der Waals surface area contributed by atoms with Gasteiger partial charge in [-0.1, -0.05) is 12.7 Å². The van der Waals surface area contributed by atoms with E-state index in [2.05, 4.69) is 22.2 Å². The van der Waals surface area contributed by atoms with Gasteiger partial charge in [0, 0.05) is 37.7 Å². The van der Waals surface area contributed by atoms with Gasteiger partial charge in [0.1, 0.15) is 18.0 Å². The summed E-state index contributed by atoms with van der Waals surface area (Å²) in [5, 5.41) is 18.3. The molecule has 1 unspecified atom stereocenters. The molecule has 0 spiro atoms. The Kier molecular flexibility index (Phi) is 10.8. The number of thiazole rings is 1. The SMILES string of the molecule is C=CCOC(=O)N1c2cc(OCCCC(=O)Nc3nc(C(=O)Nc4cc(C(=O)OC)n(C)c4)cs3)c(OC)cc2C(=O)N2CCC[C@H]2C1O. The molecule has 0 bridgehead atoms. The molecule has 17 heteroatoms. The maximum absolute atomic E-state index is 13.5. The van der Waals surface area contributed by atoms with E-state index >= 15 is 0 Å². The lowest BCUT2D eigenvalue weighted by atomic mass is 10.1. The fraction of sp³-hybridized carbons (Fsp3) is 0.375. The predicted octanol–water partition coefficient (Wildman–Crippen LogP) is 3.39. The summed E-state index contributed by atoms with van der Waals surface area (Å²) < 4.78 is 22.9. The second-order valence-electron chi connectivity index (χ2n) is 11.1. The molecule has 1 fully saturated rings. The molecule has 4 heterocycles. The third-order valence-electron chi connectivity index (χ3n) is 7.91. The van der Waals surface area contributed by atoms with Crippen molar-refractivity contribution >= 4 is 57.6 Å². The van der Waals surface area contributed by atoms with Crippen molar-refractivity contribution in [1.29, 1.82) is 0 Å². The number of carbonyl (C=O) groups excluding carboxylic acids is 5. The van der Waals surface area contributed by atoms with Crippen LogP contribution >= 0.6 is 11.3 Å². The lowest BCUT2D eigenvalue weighted by Crippen LogP contribution is -2.50. The van der Waals surface area contributed by atoms with Crippen LogP contribution in [0.15, 0.2) is 42.4 Å². The lowest BCUT2D eigenvalue weighted by Gasteiger charge is -2.31. The topological polar surface area (TPSA) is 191 Å². The van der Waals surface area contributed by atoms with Crippen molar-refractivity contribution in [1.82, 2.24) is 14.5 Å². The molecule has 0 radical (unpaired) electrons. The molecule has 1 saturated heterocycles. The van der Waals surface area contributed by atoms with Crippen LogP contribution in [0, 0.1) is 0 Å². The number of hydrogen-bond acceptors (Lipinski definition) is 12. The number of aryl methyl sites for hydroxylation is 1. The van der Waals surface area contributed by atoms with Gasteiger partial charge < -0.3 is 44.2 Å². The van der Waals surface area contributed by atoms with Crippen molar-refractivity contribution < 1.29 is 48.0 Å². The van der Waals surface area contributed by atoms with E-state index in [9.17, 15) is 29.1 Å². The van der Waals surface area contributed by atoms with Gasteiger partial charge in [-0.05, 0) is 31.4 Å². The number of ether oxygens (including phenoxy) is 4. The molecule has 16 nitrogen and oxygen atoms in total. The van der Waals surface area contributed by atoms with E-state index in [1.807, 2.05) is 0 Å². The Bertz CT molecular complexity index is 1770.